The van der Waals surface area contributed by atoms with E-state index in [9.17, 15) is 9.59 Å². The lowest BCUT2D eigenvalue weighted by Crippen LogP contribution is -2.37. The van der Waals surface area contributed by atoms with Crippen molar-refractivity contribution in [1.29, 1.82) is 0 Å². The van der Waals surface area contributed by atoms with Crippen molar-refractivity contribution in [3.63, 3.8) is 0 Å². The van der Waals surface area contributed by atoms with Crippen LogP contribution in [0.1, 0.15) is 20.3 Å². The average Bonchev–Trinajstić information content (AvgIpc) is 2.47. The number of carbonyl (C=O) groups excluding carboxylic acids is 2. The SMILES string of the molecule is CC(C)NC(=O)C1CC(=O)N(CCN)C1. The Morgan fingerprint density at radius 2 is 2.33 bits per heavy atom. The molecule has 1 heterocycles. The minimum Gasteiger partial charge on any atom is -0.354 e. The van der Waals surface area contributed by atoms with Gasteiger partial charge in [0.15, 0.2) is 0 Å². The largest absolute Gasteiger partial charge is 0.354 e. The molecule has 0 spiro atoms. The maximum atomic E-state index is 11.6. The topological polar surface area (TPSA) is 75.4 Å². The zero-order valence-electron chi connectivity index (χ0n) is 9.32. The molecular formula is C10H19N3O2. The fourth-order valence-electron chi connectivity index (χ4n) is 1.72. The molecule has 2 amide bonds. The van der Waals surface area contributed by atoms with Gasteiger partial charge < -0.3 is 16.0 Å². The molecule has 5 heteroatoms. The van der Waals surface area contributed by atoms with Gasteiger partial charge in [-0.2, -0.15) is 0 Å². The molecule has 86 valence electrons. The van der Waals surface area contributed by atoms with Gasteiger partial charge in [-0.15, -0.1) is 0 Å². The summed E-state index contributed by atoms with van der Waals surface area (Å²) in [5, 5.41) is 2.82. The van der Waals surface area contributed by atoms with E-state index in [0.717, 1.165) is 0 Å². The Balaban J connectivity index is 2.47. The van der Waals surface area contributed by atoms with E-state index in [4.69, 9.17) is 5.73 Å². The van der Waals surface area contributed by atoms with Gasteiger partial charge in [0.2, 0.25) is 11.8 Å². The maximum Gasteiger partial charge on any atom is 0.225 e. The first kappa shape index (κ1) is 12.0. The zero-order chi connectivity index (χ0) is 11.4. The van der Waals surface area contributed by atoms with E-state index >= 15 is 0 Å². The van der Waals surface area contributed by atoms with Crippen LogP contribution in [0.5, 0.6) is 0 Å². The molecule has 1 rings (SSSR count). The molecule has 0 aromatic carbocycles. The summed E-state index contributed by atoms with van der Waals surface area (Å²) in [5.41, 5.74) is 5.38. The molecule has 1 aliphatic heterocycles. The van der Waals surface area contributed by atoms with Crippen LogP contribution in [0.25, 0.3) is 0 Å². The first-order chi connectivity index (χ1) is 7.04. The van der Waals surface area contributed by atoms with Gasteiger partial charge in [-0.25, -0.2) is 0 Å². The lowest BCUT2D eigenvalue weighted by atomic mass is 10.1. The van der Waals surface area contributed by atoms with Crippen LogP contribution in [0.3, 0.4) is 0 Å². The number of carbonyl (C=O) groups is 2. The lowest BCUT2D eigenvalue weighted by Gasteiger charge is -2.15. The van der Waals surface area contributed by atoms with E-state index in [2.05, 4.69) is 5.32 Å². The van der Waals surface area contributed by atoms with E-state index in [1.165, 1.54) is 0 Å². The molecule has 1 saturated heterocycles. The highest BCUT2D eigenvalue weighted by atomic mass is 16.2. The Morgan fingerprint density at radius 3 is 2.87 bits per heavy atom. The molecule has 0 radical (unpaired) electrons. The van der Waals surface area contributed by atoms with Crippen molar-refractivity contribution in [2.75, 3.05) is 19.6 Å². The molecule has 0 saturated carbocycles. The second kappa shape index (κ2) is 5.11. The standard InChI is InChI=1S/C10H19N3O2/c1-7(2)12-10(15)8-5-9(14)13(6-8)4-3-11/h7-8H,3-6,11H2,1-2H3,(H,12,15). The molecule has 15 heavy (non-hydrogen) atoms. The summed E-state index contributed by atoms with van der Waals surface area (Å²) in [4.78, 5) is 24.7. The minimum atomic E-state index is -0.202. The molecule has 1 aliphatic rings. The van der Waals surface area contributed by atoms with Gasteiger partial charge in [0, 0.05) is 32.1 Å². The van der Waals surface area contributed by atoms with Gasteiger partial charge in [0.05, 0.1) is 5.92 Å². The van der Waals surface area contributed by atoms with Crippen LogP contribution in [0.15, 0.2) is 0 Å². The molecule has 1 fully saturated rings. The van der Waals surface area contributed by atoms with Crippen molar-refractivity contribution in [3.05, 3.63) is 0 Å². The summed E-state index contributed by atoms with van der Waals surface area (Å²) < 4.78 is 0. The van der Waals surface area contributed by atoms with Crippen LogP contribution in [0.2, 0.25) is 0 Å². The monoisotopic (exact) mass is 213 g/mol. The number of rotatable bonds is 4. The van der Waals surface area contributed by atoms with Crippen molar-refractivity contribution in [3.8, 4) is 0 Å². The van der Waals surface area contributed by atoms with Gasteiger partial charge in [-0.05, 0) is 13.8 Å². The fraction of sp³-hybridized carbons (Fsp3) is 0.800. The number of nitrogens with two attached hydrogens (primary N) is 1. The quantitative estimate of drug-likeness (QED) is 0.649. The smallest absolute Gasteiger partial charge is 0.225 e. The van der Waals surface area contributed by atoms with Crippen molar-refractivity contribution in [2.45, 2.75) is 26.3 Å². The van der Waals surface area contributed by atoms with Crippen LogP contribution in [-0.2, 0) is 9.59 Å². The van der Waals surface area contributed by atoms with E-state index < -0.39 is 0 Å². The Hall–Kier alpha value is -1.10. The second-order valence-electron chi connectivity index (χ2n) is 4.19. The normalized spacial score (nSPS) is 21.2. The molecular weight excluding hydrogens is 194 g/mol. The summed E-state index contributed by atoms with van der Waals surface area (Å²) in [7, 11) is 0. The number of amides is 2. The predicted octanol–water partition coefficient (Wildman–Crippen LogP) is -0.682. The van der Waals surface area contributed by atoms with Crippen molar-refractivity contribution in [2.24, 2.45) is 11.7 Å². The lowest BCUT2D eigenvalue weighted by molar-refractivity contribution is -0.129. The van der Waals surface area contributed by atoms with E-state index in [1.807, 2.05) is 13.8 Å². The summed E-state index contributed by atoms with van der Waals surface area (Å²) in [6, 6.07) is 0.121. The van der Waals surface area contributed by atoms with Crippen LogP contribution >= 0.6 is 0 Å². The Morgan fingerprint density at radius 1 is 1.67 bits per heavy atom. The number of nitrogens with zero attached hydrogens (tertiary/aromatic N) is 1. The van der Waals surface area contributed by atoms with Gasteiger partial charge in [0.1, 0.15) is 0 Å². The summed E-state index contributed by atoms with van der Waals surface area (Å²) in [5.74, 6) is -0.200. The van der Waals surface area contributed by atoms with E-state index in [1.54, 1.807) is 4.90 Å². The molecule has 1 atom stereocenters. The molecule has 0 aliphatic carbocycles. The zero-order valence-corrected chi connectivity index (χ0v) is 9.32. The first-order valence-electron chi connectivity index (χ1n) is 5.32. The van der Waals surface area contributed by atoms with Crippen LogP contribution in [0.4, 0.5) is 0 Å². The van der Waals surface area contributed by atoms with E-state index in [-0.39, 0.29) is 23.8 Å². The van der Waals surface area contributed by atoms with Crippen molar-refractivity contribution < 1.29 is 9.59 Å². The maximum absolute atomic E-state index is 11.6. The predicted molar refractivity (Wildman–Crippen MR) is 57.0 cm³/mol. The number of likely N-dealkylation sites (tertiary alicyclic amines) is 1. The minimum absolute atomic E-state index is 0.0297. The van der Waals surface area contributed by atoms with E-state index in [0.29, 0.717) is 26.1 Å². The number of hydrogen-bond donors (Lipinski definition) is 2. The third kappa shape index (κ3) is 3.20. The highest BCUT2D eigenvalue weighted by Gasteiger charge is 2.33. The van der Waals surface area contributed by atoms with Gasteiger partial charge >= 0.3 is 0 Å². The number of hydrogen-bond acceptors (Lipinski definition) is 3. The average molecular weight is 213 g/mol. The highest BCUT2D eigenvalue weighted by Crippen LogP contribution is 2.17. The van der Waals surface area contributed by atoms with Crippen molar-refractivity contribution in [1.82, 2.24) is 10.2 Å². The molecule has 1 unspecified atom stereocenters. The first-order valence-corrected chi connectivity index (χ1v) is 5.32. The molecule has 3 N–H and O–H groups in total. The second-order valence-corrected chi connectivity index (χ2v) is 4.19. The van der Waals surface area contributed by atoms with Crippen LogP contribution in [0, 0.1) is 5.92 Å². The summed E-state index contributed by atoms with van der Waals surface area (Å²) in [6.45, 7) is 5.32. The summed E-state index contributed by atoms with van der Waals surface area (Å²) >= 11 is 0. The molecule has 0 aromatic heterocycles. The van der Waals surface area contributed by atoms with Crippen LogP contribution in [-0.4, -0.2) is 42.4 Å². The van der Waals surface area contributed by atoms with Gasteiger partial charge in [-0.1, -0.05) is 0 Å². The highest BCUT2D eigenvalue weighted by molar-refractivity contribution is 5.89. The Kier molecular flexibility index (Phi) is 4.08. The van der Waals surface area contributed by atoms with Crippen LogP contribution < -0.4 is 11.1 Å². The van der Waals surface area contributed by atoms with Gasteiger partial charge in [0.25, 0.3) is 0 Å². The molecule has 0 bridgehead atoms. The third-order valence-electron chi connectivity index (χ3n) is 2.42. The third-order valence-corrected chi connectivity index (χ3v) is 2.42. The van der Waals surface area contributed by atoms with Gasteiger partial charge in [-0.3, -0.25) is 9.59 Å². The molecule has 5 nitrogen and oxygen atoms in total. The van der Waals surface area contributed by atoms with Crippen molar-refractivity contribution >= 4 is 11.8 Å². The summed E-state index contributed by atoms with van der Waals surface area (Å²) in [6.07, 6.45) is 0.318. The molecule has 0 aromatic rings. The Bertz CT molecular complexity index is 253. The Labute approximate surface area is 90.0 Å². The fourth-order valence-corrected chi connectivity index (χ4v) is 1.72. The number of nitrogens with one attached hydrogen (secondary N) is 1.